The highest BCUT2D eigenvalue weighted by atomic mass is 16.3. The van der Waals surface area contributed by atoms with Crippen molar-refractivity contribution in [2.45, 2.75) is 18.8 Å². The molecule has 0 bridgehead atoms. The van der Waals surface area contributed by atoms with Crippen LogP contribution in [0.15, 0.2) is 12.4 Å². The molecular weight excluding hydrogens is 208 g/mol. The normalized spacial score (nSPS) is 25.1. The van der Waals surface area contributed by atoms with Crippen molar-refractivity contribution in [3.63, 3.8) is 0 Å². The van der Waals surface area contributed by atoms with E-state index in [0.717, 1.165) is 12.1 Å². The van der Waals surface area contributed by atoms with Gasteiger partial charge in [0, 0.05) is 37.6 Å². The van der Waals surface area contributed by atoms with Crippen LogP contribution in [0.4, 0.5) is 5.95 Å². The van der Waals surface area contributed by atoms with Crippen molar-refractivity contribution in [3.05, 3.63) is 18.0 Å². The summed E-state index contributed by atoms with van der Waals surface area (Å²) in [7, 11) is 1.86. The van der Waals surface area contributed by atoms with Gasteiger partial charge in [-0.05, 0) is 7.05 Å². The number of hydrogen-bond donors (Lipinski definition) is 3. The average molecular weight is 224 g/mol. The molecule has 0 saturated carbocycles. The summed E-state index contributed by atoms with van der Waals surface area (Å²) >= 11 is 0. The number of β-amino-alcohol motifs (C(OH)–C–C–N with tert-alkyl or cyclic N) is 2. The van der Waals surface area contributed by atoms with E-state index < -0.39 is 12.2 Å². The van der Waals surface area contributed by atoms with Crippen LogP contribution in [0.25, 0.3) is 0 Å². The highest BCUT2D eigenvalue weighted by Crippen LogP contribution is 2.16. The molecule has 2 rings (SSSR count). The molecule has 0 aliphatic carbocycles. The van der Waals surface area contributed by atoms with Crippen LogP contribution in [0.3, 0.4) is 0 Å². The van der Waals surface area contributed by atoms with E-state index in [2.05, 4.69) is 15.3 Å². The summed E-state index contributed by atoms with van der Waals surface area (Å²) in [5, 5.41) is 21.8. The van der Waals surface area contributed by atoms with E-state index >= 15 is 0 Å². The van der Waals surface area contributed by atoms with Crippen LogP contribution in [-0.2, 0) is 6.54 Å². The minimum absolute atomic E-state index is 0.381. The summed E-state index contributed by atoms with van der Waals surface area (Å²) in [6.07, 6.45) is 2.08. The Labute approximate surface area is 94.0 Å². The molecule has 1 aliphatic heterocycles. The van der Waals surface area contributed by atoms with Gasteiger partial charge in [0.2, 0.25) is 5.95 Å². The number of aliphatic hydroxyl groups excluding tert-OH is 2. The number of aromatic nitrogens is 2. The van der Waals surface area contributed by atoms with Gasteiger partial charge >= 0.3 is 0 Å². The zero-order valence-electron chi connectivity index (χ0n) is 9.17. The molecular formula is C10H16N4O2. The first-order valence-corrected chi connectivity index (χ1v) is 5.27. The zero-order valence-corrected chi connectivity index (χ0v) is 9.17. The van der Waals surface area contributed by atoms with Crippen molar-refractivity contribution >= 4 is 5.95 Å². The second-order valence-electron chi connectivity index (χ2n) is 3.96. The van der Waals surface area contributed by atoms with Gasteiger partial charge in [0.15, 0.2) is 0 Å². The molecule has 0 amide bonds. The maximum Gasteiger partial charge on any atom is 0.225 e. The van der Waals surface area contributed by atoms with Gasteiger partial charge < -0.3 is 20.4 Å². The molecule has 1 aromatic rings. The fourth-order valence-electron chi connectivity index (χ4n) is 1.74. The monoisotopic (exact) mass is 224 g/mol. The van der Waals surface area contributed by atoms with Gasteiger partial charge in [-0.15, -0.1) is 0 Å². The Bertz CT molecular complexity index is 333. The summed E-state index contributed by atoms with van der Waals surface area (Å²) in [6.45, 7) is 1.49. The SMILES string of the molecule is CNCc1cnc(N2CC(O)C(O)C2)nc1. The molecule has 1 fully saturated rings. The Balaban J connectivity index is 2.05. The predicted molar refractivity (Wildman–Crippen MR) is 59.0 cm³/mol. The Kier molecular flexibility index (Phi) is 3.33. The third kappa shape index (κ3) is 2.29. The minimum atomic E-state index is -0.708. The largest absolute Gasteiger partial charge is 0.388 e. The molecule has 2 unspecified atom stereocenters. The van der Waals surface area contributed by atoms with E-state index in [0.29, 0.717) is 19.0 Å². The van der Waals surface area contributed by atoms with Crippen LogP contribution < -0.4 is 10.2 Å². The zero-order chi connectivity index (χ0) is 11.5. The molecule has 6 heteroatoms. The highest BCUT2D eigenvalue weighted by Gasteiger charge is 2.30. The molecule has 3 N–H and O–H groups in total. The molecule has 2 heterocycles. The summed E-state index contributed by atoms with van der Waals surface area (Å²) in [5.74, 6) is 0.551. The predicted octanol–water partition coefficient (Wildman–Crippen LogP) is -1.26. The molecule has 0 aromatic carbocycles. The van der Waals surface area contributed by atoms with Crippen molar-refractivity contribution in [1.29, 1.82) is 0 Å². The lowest BCUT2D eigenvalue weighted by Gasteiger charge is -2.14. The van der Waals surface area contributed by atoms with Crippen LogP contribution in [0.5, 0.6) is 0 Å². The molecule has 0 spiro atoms. The average Bonchev–Trinajstić information content (AvgIpc) is 2.61. The number of aliphatic hydroxyl groups is 2. The molecule has 6 nitrogen and oxygen atoms in total. The van der Waals surface area contributed by atoms with Crippen molar-refractivity contribution in [2.24, 2.45) is 0 Å². The van der Waals surface area contributed by atoms with Crippen LogP contribution >= 0.6 is 0 Å². The fourth-order valence-corrected chi connectivity index (χ4v) is 1.74. The number of anilines is 1. The maximum absolute atomic E-state index is 9.41. The fraction of sp³-hybridized carbons (Fsp3) is 0.600. The Hall–Kier alpha value is -1.24. The van der Waals surface area contributed by atoms with Gasteiger partial charge in [0.05, 0.1) is 12.2 Å². The van der Waals surface area contributed by atoms with Crippen LogP contribution in [0, 0.1) is 0 Å². The van der Waals surface area contributed by atoms with E-state index in [1.807, 2.05) is 7.05 Å². The third-order valence-corrected chi connectivity index (χ3v) is 2.61. The quantitative estimate of drug-likeness (QED) is 0.594. The van der Waals surface area contributed by atoms with E-state index in [4.69, 9.17) is 0 Å². The smallest absolute Gasteiger partial charge is 0.225 e. The summed E-state index contributed by atoms with van der Waals surface area (Å²) in [5.41, 5.74) is 1.01. The van der Waals surface area contributed by atoms with Gasteiger partial charge in [0.1, 0.15) is 0 Å². The van der Waals surface area contributed by atoms with Crippen LogP contribution in [-0.4, -0.2) is 52.5 Å². The number of hydrogen-bond acceptors (Lipinski definition) is 6. The number of rotatable bonds is 3. The third-order valence-electron chi connectivity index (χ3n) is 2.61. The minimum Gasteiger partial charge on any atom is -0.388 e. The van der Waals surface area contributed by atoms with E-state index in [9.17, 15) is 10.2 Å². The van der Waals surface area contributed by atoms with Gasteiger partial charge in [-0.2, -0.15) is 0 Å². The van der Waals surface area contributed by atoms with E-state index in [1.54, 1.807) is 17.3 Å². The number of nitrogens with zero attached hydrogens (tertiary/aromatic N) is 3. The lowest BCUT2D eigenvalue weighted by atomic mass is 10.3. The molecule has 0 radical (unpaired) electrons. The van der Waals surface area contributed by atoms with Crippen molar-refractivity contribution in [1.82, 2.24) is 15.3 Å². The van der Waals surface area contributed by atoms with Crippen LogP contribution in [0.1, 0.15) is 5.56 Å². The molecule has 1 saturated heterocycles. The van der Waals surface area contributed by atoms with Gasteiger partial charge in [-0.1, -0.05) is 0 Å². The molecule has 88 valence electrons. The molecule has 1 aliphatic rings. The van der Waals surface area contributed by atoms with E-state index in [1.165, 1.54) is 0 Å². The number of nitrogens with one attached hydrogen (secondary N) is 1. The lowest BCUT2D eigenvalue weighted by Crippen LogP contribution is -2.23. The second-order valence-corrected chi connectivity index (χ2v) is 3.96. The maximum atomic E-state index is 9.41. The standard InChI is InChI=1S/C10H16N4O2/c1-11-2-7-3-12-10(13-4-7)14-5-8(15)9(16)6-14/h3-4,8-9,11,15-16H,2,5-6H2,1H3. The highest BCUT2D eigenvalue weighted by molar-refractivity contribution is 5.33. The molecule has 2 atom stereocenters. The van der Waals surface area contributed by atoms with Crippen molar-refractivity contribution < 1.29 is 10.2 Å². The second kappa shape index (κ2) is 4.73. The summed E-state index contributed by atoms with van der Waals surface area (Å²) in [4.78, 5) is 10.2. The van der Waals surface area contributed by atoms with Gasteiger partial charge in [0.25, 0.3) is 0 Å². The van der Waals surface area contributed by atoms with Crippen LogP contribution in [0.2, 0.25) is 0 Å². The van der Waals surface area contributed by atoms with Gasteiger partial charge in [-0.25, -0.2) is 9.97 Å². The first-order chi connectivity index (χ1) is 7.70. The Morgan fingerprint density at radius 2 is 1.88 bits per heavy atom. The Morgan fingerprint density at radius 3 is 2.38 bits per heavy atom. The molecule has 16 heavy (non-hydrogen) atoms. The topological polar surface area (TPSA) is 81.5 Å². The Morgan fingerprint density at radius 1 is 1.31 bits per heavy atom. The van der Waals surface area contributed by atoms with Crippen molar-refractivity contribution in [2.75, 3.05) is 25.0 Å². The first-order valence-electron chi connectivity index (χ1n) is 5.27. The lowest BCUT2D eigenvalue weighted by molar-refractivity contribution is 0.0572. The molecule has 1 aromatic heterocycles. The van der Waals surface area contributed by atoms with Crippen molar-refractivity contribution in [3.8, 4) is 0 Å². The van der Waals surface area contributed by atoms with Gasteiger partial charge in [-0.3, -0.25) is 0 Å². The van der Waals surface area contributed by atoms with E-state index in [-0.39, 0.29) is 0 Å². The first kappa shape index (κ1) is 11.3. The summed E-state index contributed by atoms with van der Waals surface area (Å²) in [6, 6.07) is 0. The summed E-state index contributed by atoms with van der Waals surface area (Å²) < 4.78 is 0.